The van der Waals surface area contributed by atoms with Crippen LogP contribution in [0.5, 0.6) is 0 Å². The second kappa shape index (κ2) is 8.36. The van der Waals surface area contributed by atoms with Gasteiger partial charge >= 0.3 is 0 Å². The Bertz CT molecular complexity index is 224. The van der Waals surface area contributed by atoms with Crippen LogP contribution in [0.4, 0.5) is 0 Å². The zero-order valence-electron chi connectivity index (χ0n) is 12.3. The Morgan fingerprint density at radius 3 is 2.67 bits per heavy atom. The van der Waals surface area contributed by atoms with Crippen LogP contribution in [0.3, 0.4) is 0 Å². The maximum Gasteiger partial charge on any atom is 0.0826 e. The lowest BCUT2D eigenvalue weighted by Crippen LogP contribution is -2.49. The van der Waals surface area contributed by atoms with Crippen LogP contribution in [0.25, 0.3) is 0 Å². The van der Waals surface area contributed by atoms with E-state index in [0.717, 1.165) is 39.2 Å². The Morgan fingerprint density at radius 2 is 2.06 bits per heavy atom. The number of morpholine rings is 1. The molecule has 3 nitrogen and oxygen atoms in total. The van der Waals surface area contributed by atoms with E-state index in [4.69, 9.17) is 16.3 Å². The minimum atomic E-state index is 0.231. The zero-order valence-corrected chi connectivity index (χ0v) is 13.0. The van der Waals surface area contributed by atoms with Gasteiger partial charge in [-0.2, -0.15) is 0 Å². The minimum absolute atomic E-state index is 0.231. The third kappa shape index (κ3) is 6.37. The summed E-state index contributed by atoms with van der Waals surface area (Å²) in [6.45, 7) is 13.6. The lowest BCUT2D eigenvalue weighted by molar-refractivity contribution is -0.0370. The Balaban J connectivity index is 2.15. The summed E-state index contributed by atoms with van der Waals surface area (Å²) in [5.41, 5.74) is 0. The number of ether oxygens (including phenoxy) is 1. The molecule has 1 saturated heterocycles. The summed E-state index contributed by atoms with van der Waals surface area (Å²) in [5.74, 6) is 0.664. The lowest BCUT2D eigenvalue weighted by atomic mass is 10.1. The molecule has 0 radical (unpaired) electrons. The van der Waals surface area contributed by atoms with Crippen LogP contribution in [0.2, 0.25) is 0 Å². The first-order valence-electron chi connectivity index (χ1n) is 7.19. The van der Waals surface area contributed by atoms with Crippen LogP contribution >= 0.6 is 11.6 Å². The smallest absolute Gasteiger partial charge is 0.0826 e. The molecule has 2 atom stereocenters. The molecule has 0 aliphatic carbocycles. The molecular formula is C14H29ClN2O. The van der Waals surface area contributed by atoms with Crippen LogP contribution in [-0.4, -0.2) is 55.2 Å². The summed E-state index contributed by atoms with van der Waals surface area (Å²) in [6.07, 6.45) is 1.38. The van der Waals surface area contributed by atoms with Crippen molar-refractivity contribution in [2.24, 2.45) is 5.92 Å². The van der Waals surface area contributed by atoms with E-state index in [0.29, 0.717) is 18.1 Å². The van der Waals surface area contributed by atoms with Gasteiger partial charge in [-0.25, -0.2) is 0 Å². The van der Waals surface area contributed by atoms with E-state index in [1.165, 1.54) is 0 Å². The number of halogens is 1. The molecule has 0 aromatic carbocycles. The summed E-state index contributed by atoms with van der Waals surface area (Å²) in [5, 5.41) is 3.67. The highest BCUT2D eigenvalue weighted by Gasteiger charge is 2.21. The summed E-state index contributed by atoms with van der Waals surface area (Å²) < 4.78 is 5.77. The van der Waals surface area contributed by atoms with Crippen LogP contribution in [0.1, 0.15) is 34.1 Å². The van der Waals surface area contributed by atoms with Gasteiger partial charge in [0.2, 0.25) is 0 Å². The molecule has 108 valence electrons. The predicted molar refractivity (Wildman–Crippen MR) is 78.4 cm³/mol. The second-order valence-corrected chi connectivity index (χ2v) is 6.58. The van der Waals surface area contributed by atoms with Crippen molar-refractivity contribution in [3.63, 3.8) is 0 Å². The SMILES string of the molecule is CC(C)CC(Cl)CNCC1CN(C(C)C)CCO1. The average molecular weight is 277 g/mol. The van der Waals surface area contributed by atoms with Crippen molar-refractivity contribution >= 4 is 11.6 Å². The van der Waals surface area contributed by atoms with E-state index in [1.807, 2.05) is 0 Å². The van der Waals surface area contributed by atoms with Crippen molar-refractivity contribution < 1.29 is 4.74 Å². The van der Waals surface area contributed by atoms with Crippen LogP contribution < -0.4 is 5.32 Å². The van der Waals surface area contributed by atoms with Gasteiger partial charge in [0.15, 0.2) is 0 Å². The summed E-state index contributed by atoms with van der Waals surface area (Å²) in [4.78, 5) is 2.47. The van der Waals surface area contributed by atoms with Crippen molar-refractivity contribution in [1.29, 1.82) is 0 Å². The number of rotatable bonds is 7. The summed E-state index contributed by atoms with van der Waals surface area (Å²) in [6, 6.07) is 0.609. The van der Waals surface area contributed by atoms with E-state index >= 15 is 0 Å². The van der Waals surface area contributed by atoms with Crippen molar-refractivity contribution in [3.8, 4) is 0 Å². The average Bonchev–Trinajstić information content (AvgIpc) is 2.28. The van der Waals surface area contributed by atoms with E-state index in [9.17, 15) is 0 Å². The molecule has 1 fully saturated rings. The van der Waals surface area contributed by atoms with Gasteiger partial charge in [0, 0.05) is 37.6 Å². The van der Waals surface area contributed by atoms with Gasteiger partial charge in [-0.05, 0) is 26.2 Å². The van der Waals surface area contributed by atoms with Crippen LogP contribution in [0, 0.1) is 5.92 Å². The fraction of sp³-hybridized carbons (Fsp3) is 1.00. The first kappa shape index (κ1) is 16.2. The number of nitrogens with one attached hydrogen (secondary N) is 1. The van der Waals surface area contributed by atoms with E-state index in [2.05, 4.69) is 37.9 Å². The normalized spacial score (nSPS) is 23.8. The molecule has 2 unspecified atom stereocenters. The van der Waals surface area contributed by atoms with Crippen LogP contribution in [0.15, 0.2) is 0 Å². The molecule has 0 spiro atoms. The fourth-order valence-electron chi connectivity index (χ4n) is 2.33. The molecule has 0 bridgehead atoms. The molecule has 0 aromatic rings. The van der Waals surface area contributed by atoms with E-state index in [1.54, 1.807) is 0 Å². The lowest BCUT2D eigenvalue weighted by Gasteiger charge is -2.35. The molecule has 0 amide bonds. The first-order valence-corrected chi connectivity index (χ1v) is 7.63. The predicted octanol–water partition coefficient (Wildman–Crippen LogP) is 2.34. The molecule has 1 rings (SSSR count). The largest absolute Gasteiger partial charge is 0.374 e. The molecule has 18 heavy (non-hydrogen) atoms. The standard InChI is InChI=1S/C14H29ClN2O/c1-11(2)7-13(15)8-16-9-14-10-17(12(3)4)5-6-18-14/h11-14,16H,5-10H2,1-4H3. The van der Waals surface area contributed by atoms with Crippen molar-refractivity contribution in [2.45, 2.75) is 51.6 Å². The molecular weight excluding hydrogens is 248 g/mol. The highest BCUT2D eigenvalue weighted by Crippen LogP contribution is 2.10. The Morgan fingerprint density at radius 1 is 1.33 bits per heavy atom. The van der Waals surface area contributed by atoms with Crippen molar-refractivity contribution in [3.05, 3.63) is 0 Å². The molecule has 1 heterocycles. The highest BCUT2D eigenvalue weighted by atomic mass is 35.5. The fourth-order valence-corrected chi connectivity index (χ4v) is 2.80. The Hall–Kier alpha value is 0.170. The maximum atomic E-state index is 6.26. The molecule has 0 saturated carbocycles. The third-order valence-corrected chi connectivity index (χ3v) is 3.70. The number of hydrogen-bond acceptors (Lipinski definition) is 3. The molecule has 1 aliphatic heterocycles. The Kier molecular flexibility index (Phi) is 7.54. The molecule has 1 N–H and O–H groups in total. The van der Waals surface area contributed by atoms with Gasteiger partial charge in [-0.15, -0.1) is 11.6 Å². The van der Waals surface area contributed by atoms with Gasteiger partial charge in [0.1, 0.15) is 0 Å². The number of nitrogens with zero attached hydrogens (tertiary/aromatic N) is 1. The first-order chi connectivity index (χ1) is 8.49. The highest BCUT2D eigenvalue weighted by molar-refractivity contribution is 6.20. The number of alkyl halides is 1. The van der Waals surface area contributed by atoms with Gasteiger partial charge < -0.3 is 10.1 Å². The Labute approximate surface area is 117 Å². The second-order valence-electron chi connectivity index (χ2n) is 5.97. The monoisotopic (exact) mass is 276 g/mol. The van der Waals surface area contributed by atoms with Crippen molar-refractivity contribution in [1.82, 2.24) is 10.2 Å². The van der Waals surface area contributed by atoms with Gasteiger partial charge in [-0.3, -0.25) is 4.90 Å². The molecule has 0 aromatic heterocycles. The van der Waals surface area contributed by atoms with E-state index < -0.39 is 0 Å². The quantitative estimate of drug-likeness (QED) is 0.723. The van der Waals surface area contributed by atoms with Gasteiger partial charge in [0.05, 0.1) is 12.7 Å². The zero-order chi connectivity index (χ0) is 13.5. The van der Waals surface area contributed by atoms with Crippen LogP contribution in [-0.2, 0) is 4.74 Å². The molecule has 1 aliphatic rings. The van der Waals surface area contributed by atoms with Gasteiger partial charge in [0.25, 0.3) is 0 Å². The topological polar surface area (TPSA) is 24.5 Å². The van der Waals surface area contributed by atoms with Gasteiger partial charge in [-0.1, -0.05) is 13.8 Å². The summed E-state index contributed by atoms with van der Waals surface area (Å²) in [7, 11) is 0. The van der Waals surface area contributed by atoms with Crippen molar-refractivity contribution in [2.75, 3.05) is 32.8 Å². The molecule has 4 heteroatoms. The van der Waals surface area contributed by atoms with E-state index in [-0.39, 0.29) is 5.38 Å². The maximum absolute atomic E-state index is 6.26. The third-order valence-electron chi connectivity index (χ3n) is 3.37. The number of hydrogen-bond donors (Lipinski definition) is 1. The summed E-state index contributed by atoms with van der Waals surface area (Å²) >= 11 is 6.26. The minimum Gasteiger partial charge on any atom is -0.374 e.